The van der Waals surface area contributed by atoms with Gasteiger partial charge in [0, 0.05) is 5.69 Å². The number of anilines is 1. The number of rotatable bonds is 0. The Bertz CT molecular complexity index is 892. The lowest BCUT2D eigenvalue weighted by Gasteiger charge is -1.83. The minimum Gasteiger partial charge on any atom is -0.508 e. The van der Waals surface area contributed by atoms with Crippen LogP contribution in [0.15, 0.2) is 152 Å². The fraction of sp³-hybridized carbons (Fsp3) is 0. The summed E-state index contributed by atoms with van der Waals surface area (Å²) in [5, 5.41) is 34.5. The smallest absolute Gasteiger partial charge is 0.115 e. The van der Waals surface area contributed by atoms with Crippen molar-refractivity contribution < 1.29 is 20.4 Å². The van der Waals surface area contributed by atoms with Crippen LogP contribution in [0.5, 0.6) is 23.0 Å². The maximum absolute atomic E-state index is 8.63. The summed E-state index contributed by atoms with van der Waals surface area (Å²) < 4.78 is 0. The number of phenolic OH excluding ortho intramolecular Hbond substituents is 4. The Balaban J connectivity index is 0.000000219. The molecule has 0 unspecified atom stereocenters. The molecule has 180 valence electrons. The van der Waals surface area contributed by atoms with Gasteiger partial charge in [-0.05, 0) is 60.7 Å². The van der Waals surface area contributed by atoms with Gasteiger partial charge in [0.2, 0.25) is 0 Å². The number of hydrogen-bond acceptors (Lipinski definition) is 5. The summed E-state index contributed by atoms with van der Waals surface area (Å²) in [5.41, 5.74) is 6.18. The molecule has 0 fully saturated rings. The second-order valence-corrected chi connectivity index (χ2v) is 6.75. The lowest BCUT2D eigenvalue weighted by Crippen LogP contribution is -1.79. The van der Waals surface area contributed by atoms with Crippen molar-refractivity contribution in [3.8, 4) is 23.0 Å². The molecule has 5 aromatic rings. The summed E-state index contributed by atoms with van der Waals surface area (Å²) in [7, 11) is 0. The number of hydrogen-bond donors (Lipinski definition) is 5. The molecule has 0 atom stereocenters. The molecule has 5 rings (SSSR count). The largest absolute Gasteiger partial charge is 0.508 e. The normalized spacial score (nSPS) is 8.57. The molecule has 5 nitrogen and oxygen atoms in total. The summed E-state index contributed by atoms with van der Waals surface area (Å²) in [6.07, 6.45) is 0. The fourth-order valence-corrected chi connectivity index (χ4v) is 2.17. The molecule has 0 aliphatic carbocycles. The Morgan fingerprint density at radius 3 is 0.543 bits per heavy atom. The molecule has 0 saturated heterocycles. The van der Waals surface area contributed by atoms with Gasteiger partial charge >= 0.3 is 0 Å². The van der Waals surface area contributed by atoms with Gasteiger partial charge in [-0.1, -0.05) is 91.0 Å². The highest BCUT2D eigenvalue weighted by molar-refractivity contribution is 5.35. The molecule has 0 radical (unpaired) electrons. The molecule has 5 heteroatoms. The van der Waals surface area contributed by atoms with E-state index < -0.39 is 0 Å². The summed E-state index contributed by atoms with van der Waals surface area (Å²) in [6, 6.07) is 44.3. The van der Waals surface area contributed by atoms with E-state index in [0.717, 1.165) is 5.69 Å². The van der Waals surface area contributed by atoms with E-state index in [4.69, 9.17) is 26.2 Å². The molecular formula is C30H31NO4. The average molecular weight is 470 g/mol. The molecular weight excluding hydrogens is 438 g/mol. The second kappa shape index (κ2) is 18.7. The second-order valence-electron chi connectivity index (χ2n) is 6.75. The van der Waals surface area contributed by atoms with E-state index in [-0.39, 0.29) is 0 Å². The molecule has 0 heterocycles. The number of phenols is 4. The van der Waals surface area contributed by atoms with E-state index in [0.29, 0.717) is 23.0 Å². The highest BCUT2D eigenvalue weighted by atomic mass is 16.3. The summed E-state index contributed by atoms with van der Waals surface area (Å²) in [5.74, 6) is 1.29. The molecule has 0 spiro atoms. The van der Waals surface area contributed by atoms with Crippen molar-refractivity contribution >= 4 is 5.69 Å². The van der Waals surface area contributed by atoms with E-state index in [9.17, 15) is 0 Å². The van der Waals surface area contributed by atoms with Crippen molar-refractivity contribution in [3.05, 3.63) is 152 Å². The van der Waals surface area contributed by atoms with Crippen molar-refractivity contribution in [2.75, 3.05) is 5.73 Å². The Morgan fingerprint density at radius 1 is 0.286 bits per heavy atom. The van der Waals surface area contributed by atoms with Gasteiger partial charge in [-0.25, -0.2) is 0 Å². The first-order valence-electron chi connectivity index (χ1n) is 10.7. The third-order valence-electron chi connectivity index (χ3n) is 3.82. The van der Waals surface area contributed by atoms with E-state index in [2.05, 4.69) is 0 Å². The van der Waals surface area contributed by atoms with Crippen LogP contribution in [0, 0.1) is 0 Å². The third-order valence-corrected chi connectivity index (χ3v) is 3.82. The number of aromatic hydroxyl groups is 4. The van der Waals surface area contributed by atoms with E-state index >= 15 is 0 Å². The zero-order valence-corrected chi connectivity index (χ0v) is 19.3. The molecule has 0 bridgehead atoms. The molecule has 0 aromatic heterocycles. The Morgan fingerprint density at radius 2 is 0.457 bits per heavy atom. The van der Waals surface area contributed by atoms with Gasteiger partial charge in [0.25, 0.3) is 0 Å². The Hall–Kier alpha value is -4.90. The van der Waals surface area contributed by atoms with Crippen LogP contribution >= 0.6 is 0 Å². The maximum Gasteiger partial charge on any atom is 0.115 e. The molecule has 0 aliphatic heterocycles. The fourth-order valence-electron chi connectivity index (χ4n) is 2.17. The van der Waals surface area contributed by atoms with Gasteiger partial charge in [-0.3, -0.25) is 0 Å². The van der Waals surface area contributed by atoms with E-state index in [1.54, 1.807) is 97.1 Å². The summed E-state index contributed by atoms with van der Waals surface area (Å²) >= 11 is 0. The Labute approximate surface area is 206 Å². The van der Waals surface area contributed by atoms with Gasteiger partial charge in [-0.15, -0.1) is 0 Å². The first-order chi connectivity index (χ1) is 17.0. The molecule has 5 aromatic carbocycles. The van der Waals surface area contributed by atoms with Crippen molar-refractivity contribution in [2.45, 2.75) is 0 Å². The highest BCUT2D eigenvalue weighted by Crippen LogP contribution is 2.04. The van der Waals surface area contributed by atoms with Crippen LogP contribution in [-0.2, 0) is 0 Å². The quantitative estimate of drug-likeness (QED) is 0.160. The number of nitrogens with two attached hydrogens (primary N) is 1. The lowest BCUT2D eigenvalue weighted by molar-refractivity contribution is 0.475. The molecule has 6 N–H and O–H groups in total. The number of nitrogen functional groups attached to an aromatic ring is 1. The van der Waals surface area contributed by atoms with Crippen LogP contribution in [0.25, 0.3) is 0 Å². The minimum absolute atomic E-state index is 0.322. The van der Waals surface area contributed by atoms with Crippen LogP contribution in [0.2, 0.25) is 0 Å². The molecule has 0 aliphatic rings. The summed E-state index contributed by atoms with van der Waals surface area (Å²) in [6.45, 7) is 0. The topological polar surface area (TPSA) is 107 Å². The van der Waals surface area contributed by atoms with Gasteiger partial charge in [0.15, 0.2) is 0 Å². The monoisotopic (exact) mass is 469 g/mol. The van der Waals surface area contributed by atoms with Crippen molar-refractivity contribution in [2.24, 2.45) is 0 Å². The van der Waals surface area contributed by atoms with Gasteiger partial charge in [0.1, 0.15) is 23.0 Å². The standard InChI is InChI=1S/C6H7N.4C6H6O/c5*7-6-4-2-1-3-5-6/h1-5H,7H2;4*1-5,7H. The number of benzene rings is 5. The molecule has 35 heavy (non-hydrogen) atoms. The van der Waals surface area contributed by atoms with Crippen LogP contribution in [0.3, 0.4) is 0 Å². The lowest BCUT2D eigenvalue weighted by atomic mass is 10.3. The first-order valence-corrected chi connectivity index (χ1v) is 10.7. The SMILES string of the molecule is Nc1ccccc1.Oc1ccccc1.Oc1ccccc1.Oc1ccccc1.Oc1ccccc1. The predicted octanol–water partition coefficient (Wildman–Crippen LogP) is 6.84. The van der Waals surface area contributed by atoms with Crippen molar-refractivity contribution in [1.82, 2.24) is 0 Å². The van der Waals surface area contributed by atoms with Crippen LogP contribution < -0.4 is 5.73 Å². The van der Waals surface area contributed by atoms with E-state index in [1.807, 2.05) is 54.6 Å². The summed E-state index contributed by atoms with van der Waals surface area (Å²) in [4.78, 5) is 0. The maximum atomic E-state index is 8.63. The molecule has 0 saturated carbocycles. The van der Waals surface area contributed by atoms with Gasteiger partial charge in [0.05, 0.1) is 0 Å². The Kier molecular flexibility index (Phi) is 15.0. The van der Waals surface area contributed by atoms with Crippen molar-refractivity contribution in [1.29, 1.82) is 0 Å². The zero-order chi connectivity index (χ0) is 25.6. The zero-order valence-electron chi connectivity index (χ0n) is 19.3. The predicted molar refractivity (Wildman–Crippen MR) is 143 cm³/mol. The van der Waals surface area contributed by atoms with Crippen LogP contribution in [0.1, 0.15) is 0 Å². The van der Waals surface area contributed by atoms with Gasteiger partial charge in [-0.2, -0.15) is 0 Å². The van der Waals surface area contributed by atoms with Crippen LogP contribution in [0.4, 0.5) is 5.69 Å². The molecule has 0 amide bonds. The first kappa shape index (κ1) is 28.1. The van der Waals surface area contributed by atoms with E-state index in [1.165, 1.54) is 0 Å². The third kappa shape index (κ3) is 17.3. The number of para-hydroxylation sites is 5. The van der Waals surface area contributed by atoms with Crippen molar-refractivity contribution in [3.63, 3.8) is 0 Å². The van der Waals surface area contributed by atoms with Gasteiger partial charge < -0.3 is 26.2 Å². The highest BCUT2D eigenvalue weighted by Gasteiger charge is 1.77. The minimum atomic E-state index is 0.322. The average Bonchev–Trinajstić information content (AvgIpc) is 2.88. The van der Waals surface area contributed by atoms with Crippen LogP contribution in [-0.4, -0.2) is 20.4 Å².